The predicted octanol–water partition coefficient (Wildman–Crippen LogP) is 16.5. The largest absolute Gasteiger partial charge is 0.464 e. The van der Waals surface area contributed by atoms with E-state index in [0.29, 0.717) is 70.6 Å². The molecule has 6 unspecified atom stereocenters. The number of cyclic esters (lactones) is 6. The Labute approximate surface area is 485 Å². The molecule has 0 aromatic heterocycles. The van der Waals surface area contributed by atoms with Crippen molar-refractivity contribution in [1.29, 1.82) is 0 Å². The van der Waals surface area contributed by atoms with Gasteiger partial charge in [0.2, 0.25) is 14.6 Å². The summed E-state index contributed by atoms with van der Waals surface area (Å²) in [4.78, 5) is 82.2. The third-order valence-corrected chi connectivity index (χ3v) is 17.0. The van der Waals surface area contributed by atoms with Crippen LogP contribution in [0.4, 0.5) is 0 Å². The van der Waals surface area contributed by atoms with Crippen molar-refractivity contribution in [2.24, 2.45) is 5.92 Å². The minimum absolute atomic E-state index is 0.0961. The Kier molecular flexibility index (Phi) is 36.4. The van der Waals surface area contributed by atoms with E-state index in [4.69, 9.17) is 63.2 Å². The molecule has 12 nitrogen and oxygen atoms in total. The number of halogens is 3. The minimum Gasteiger partial charge on any atom is -0.464 e. The maximum Gasteiger partial charge on any atom is 0.339 e. The number of alkyl halides is 3. The van der Waals surface area contributed by atoms with Crippen LogP contribution in [0.2, 0.25) is 0 Å². The van der Waals surface area contributed by atoms with Gasteiger partial charge in [0.25, 0.3) is 0 Å². The molecule has 446 valence electrons. The van der Waals surface area contributed by atoms with Crippen molar-refractivity contribution in [3.8, 4) is 0 Å². The van der Waals surface area contributed by atoms with Crippen LogP contribution in [0.5, 0.6) is 0 Å². The molecular weight excluding hydrogens is 1060 g/mol. The van der Waals surface area contributed by atoms with Crippen molar-refractivity contribution in [2.75, 3.05) is 19.8 Å². The number of allylic oxidation sites excluding steroid dienone is 3. The van der Waals surface area contributed by atoms with Gasteiger partial charge in [0.05, 0.1) is 19.8 Å². The molecular formula is C63H101Cl3O12. The first-order chi connectivity index (χ1) is 37.8. The van der Waals surface area contributed by atoms with Gasteiger partial charge in [0.1, 0.15) is 18.3 Å². The van der Waals surface area contributed by atoms with Gasteiger partial charge in [0.15, 0.2) is 0 Å². The standard InChI is InChI=1S/C63H101Cl3O12/c1-4-7-10-31-40-52-43-34-25-19-13-16-22-28-37-46-73-55(67)61(64,57(69)76-52)49-51(63(66)59(71)75-48-39-30-24-18-15-21-27-36-45-54(78-60(63)72)42-33-12-9-6-3)50-62(65)56(68)74-47-38-29-23-17-14-20-26-35-44-53(77-58(62)70)41-32-11-8-5-2/h25-27,34-36,51-54H,4-24,28-33,37-50H2,1-3H3. The van der Waals surface area contributed by atoms with Crippen molar-refractivity contribution in [2.45, 2.75) is 298 Å². The summed E-state index contributed by atoms with van der Waals surface area (Å²) >= 11 is 22.8. The third-order valence-electron chi connectivity index (χ3n) is 15.4. The van der Waals surface area contributed by atoms with Gasteiger partial charge in [-0.25, -0.2) is 28.8 Å². The molecule has 0 N–H and O–H groups in total. The van der Waals surface area contributed by atoms with Gasteiger partial charge >= 0.3 is 35.8 Å². The van der Waals surface area contributed by atoms with E-state index in [-0.39, 0.29) is 19.8 Å². The SMILES string of the molecule is CCCCCCC1CC=CCCCCCCCOC(=O)C(Cl)(CC(CC2(Cl)C(=O)OCCCCCCCC=CCC(CCCCCC)OC2=O)C2(Cl)C(=O)OCCCCCCCC=CCC(CCCCCC)OC2=O)C(=O)O1. The summed E-state index contributed by atoms with van der Waals surface area (Å²) in [6.45, 7) is 5.98. The van der Waals surface area contributed by atoms with Crippen LogP contribution in [0, 0.1) is 5.92 Å². The number of hydrogen-bond acceptors (Lipinski definition) is 12. The average Bonchev–Trinajstić information content (AvgIpc) is 3.42. The van der Waals surface area contributed by atoms with Crippen LogP contribution >= 0.6 is 34.8 Å². The van der Waals surface area contributed by atoms with Gasteiger partial charge in [-0.05, 0) is 109 Å². The zero-order valence-electron chi connectivity index (χ0n) is 48.3. The highest BCUT2D eigenvalue weighted by Crippen LogP contribution is 2.46. The van der Waals surface area contributed by atoms with Crippen LogP contribution in [0.1, 0.15) is 265 Å². The number of rotatable bonds is 20. The second-order valence-electron chi connectivity index (χ2n) is 22.2. The number of carbonyl (C=O) groups excluding carboxylic acids is 6. The molecule has 6 atom stereocenters. The summed E-state index contributed by atoms with van der Waals surface area (Å²) < 4.78 is 36.5. The molecule has 0 fully saturated rings. The molecule has 0 radical (unpaired) electrons. The Hall–Kier alpha value is -3.09. The summed E-state index contributed by atoms with van der Waals surface area (Å²) in [5, 5.41) is 0. The Balaban J connectivity index is 2.38. The fraction of sp³-hybridized carbons (Fsp3) is 0.810. The second kappa shape index (κ2) is 41.0. The molecule has 0 spiro atoms. The number of hydrogen-bond donors (Lipinski definition) is 0. The third kappa shape index (κ3) is 25.8. The molecule has 3 aliphatic heterocycles. The van der Waals surface area contributed by atoms with Crippen molar-refractivity contribution in [1.82, 2.24) is 0 Å². The van der Waals surface area contributed by atoms with Crippen LogP contribution in [0.15, 0.2) is 36.5 Å². The van der Waals surface area contributed by atoms with E-state index in [1.807, 2.05) is 18.2 Å². The van der Waals surface area contributed by atoms with Gasteiger partial charge in [-0.1, -0.05) is 208 Å². The number of ether oxygens (including phenoxy) is 6. The first-order valence-corrected chi connectivity index (χ1v) is 32.1. The molecule has 0 amide bonds. The van der Waals surface area contributed by atoms with E-state index in [1.165, 1.54) is 0 Å². The lowest BCUT2D eigenvalue weighted by Gasteiger charge is -2.39. The monoisotopic (exact) mass is 1150 g/mol. The van der Waals surface area contributed by atoms with Crippen molar-refractivity contribution in [3.63, 3.8) is 0 Å². The zero-order chi connectivity index (χ0) is 56.8. The second-order valence-corrected chi connectivity index (χ2v) is 24.1. The zero-order valence-corrected chi connectivity index (χ0v) is 50.6. The molecule has 3 heterocycles. The maximum atomic E-state index is 15.5. The molecule has 78 heavy (non-hydrogen) atoms. The molecule has 0 bridgehead atoms. The highest BCUT2D eigenvalue weighted by molar-refractivity contribution is 6.47. The summed E-state index contributed by atoms with van der Waals surface area (Å²) in [6.07, 6.45) is 35.7. The molecule has 0 saturated carbocycles. The topological polar surface area (TPSA) is 158 Å². The first kappa shape index (κ1) is 69.2. The fourth-order valence-electron chi connectivity index (χ4n) is 10.4. The predicted molar refractivity (Wildman–Crippen MR) is 312 cm³/mol. The van der Waals surface area contributed by atoms with Crippen LogP contribution < -0.4 is 0 Å². The number of unbranched alkanes of at least 4 members (excludes halogenated alkanes) is 9. The molecule has 15 heteroatoms. The van der Waals surface area contributed by atoms with E-state index in [9.17, 15) is 9.59 Å². The van der Waals surface area contributed by atoms with E-state index in [1.54, 1.807) is 0 Å². The Bertz CT molecular complexity index is 1740. The molecule has 3 aliphatic rings. The van der Waals surface area contributed by atoms with E-state index in [2.05, 4.69) is 39.0 Å². The van der Waals surface area contributed by atoms with Crippen LogP contribution in [0.25, 0.3) is 0 Å². The van der Waals surface area contributed by atoms with E-state index < -0.39 is 87.5 Å². The number of carbonyl (C=O) groups is 6. The molecule has 0 aromatic rings. The average molecular weight is 1160 g/mol. The smallest absolute Gasteiger partial charge is 0.339 e. The highest BCUT2D eigenvalue weighted by atomic mass is 35.5. The fourth-order valence-corrected chi connectivity index (χ4v) is 11.2. The highest BCUT2D eigenvalue weighted by Gasteiger charge is 2.64. The molecule has 0 aromatic carbocycles. The first-order valence-electron chi connectivity index (χ1n) is 30.9. The van der Waals surface area contributed by atoms with Gasteiger partial charge in [-0.15, -0.1) is 0 Å². The normalized spacial score (nSPS) is 27.8. The molecule has 0 aliphatic carbocycles. The number of esters is 6. The van der Waals surface area contributed by atoms with Crippen molar-refractivity contribution >= 4 is 70.6 Å². The van der Waals surface area contributed by atoms with E-state index >= 15 is 19.2 Å². The summed E-state index contributed by atoms with van der Waals surface area (Å²) in [5.74, 6) is -9.26. The van der Waals surface area contributed by atoms with Crippen LogP contribution in [-0.4, -0.2) is 88.6 Å². The van der Waals surface area contributed by atoms with Crippen LogP contribution in [-0.2, 0) is 57.2 Å². The Morgan fingerprint density at radius 1 is 0.385 bits per heavy atom. The summed E-state index contributed by atoms with van der Waals surface area (Å²) in [6, 6.07) is 0. The summed E-state index contributed by atoms with van der Waals surface area (Å²) in [7, 11) is 0. The molecule has 3 rings (SSSR count). The van der Waals surface area contributed by atoms with Gasteiger partial charge in [-0.3, -0.25) is 0 Å². The lowest BCUT2D eigenvalue weighted by atomic mass is 9.76. The van der Waals surface area contributed by atoms with Gasteiger partial charge in [-0.2, -0.15) is 0 Å². The summed E-state index contributed by atoms with van der Waals surface area (Å²) in [5.41, 5.74) is 0. The van der Waals surface area contributed by atoms with Crippen LogP contribution in [0.3, 0.4) is 0 Å². The Morgan fingerprint density at radius 2 is 0.692 bits per heavy atom. The van der Waals surface area contributed by atoms with E-state index in [0.717, 1.165) is 161 Å². The minimum atomic E-state index is -2.97. The van der Waals surface area contributed by atoms with Gasteiger partial charge in [0, 0.05) is 25.2 Å². The quantitative estimate of drug-likeness (QED) is 0.0284. The maximum absolute atomic E-state index is 15.5. The lowest BCUT2D eigenvalue weighted by molar-refractivity contribution is -0.173. The molecule has 0 saturated heterocycles. The Morgan fingerprint density at radius 3 is 1.04 bits per heavy atom. The van der Waals surface area contributed by atoms with Crippen molar-refractivity contribution in [3.05, 3.63) is 36.5 Å². The lowest BCUT2D eigenvalue weighted by Crippen LogP contribution is -2.58. The van der Waals surface area contributed by atoms with Gasteiger partial charge < -0.3 is 28.4 Å². The van der Waals surface area contributed by atoms with Crippen molar-refractivity contribution < 1.29 is 57.2 Å².